The summed E-state index contributed by atoms with van der Waals surface area (Å²) in [6.45, 7) is 0.0742. The third kappa shape index (κ3) is 3.42. The standard InChI is InChI=1S/C12H20N2O3/c1-17-8-10(7-15)14-11(16)12(9-13)5-3-2-4-6-12/h10,15H,2-8H2,1H3,(H,14,16). The molecule has 5 heteroatoms. The lowest BCUT2D eigenvalue weighted by atomic mass is 9.74. The molecule has 0 aromatic heterocycles. The van der Waals surface area contributed by atoms with E-state index in [2.05, 4.69) is 11.4 Å². The molecule has 0 spiro atoms. The Labute approximate surface area is 102 Å². The van der Waals surface area contributed by atoms with Crippen molar-refractivity contribution in [3.63, 3.8) is 0 Å². The molecule has 0 bridgehead atoms. The molecule has 0 radical (unpaired) electrons. The largest absolute Gasteiger partial charge is 0.394 e. The van der Waals surface area contributed by atoms with Crippen molar-refractivity contribution in [1.29, 1.82) is 5.26 Å². The van der Waals surface area contributed by atoms with Gasteiger partial charge in [-0.2, -0.15) is 5.26 Å². The van der Waals surface area contributed by atoms with Gasteiger partial charge in [0.25, 0.3) is 0 Å². The summed E-state index contributed by atoms with van der Waals surface area (Å²) in [6, 6.07) is 1.72. The van der Waals surface area contributed by atoms with Gasteiger partial charge in [0.05, 0.1) is 25.3 Å². The molecule has 1 aliphatic rings. The average molecular weight is 240 g/mol. The number of rotatable bonds is 5. The summed E-state index contributed by atoms with van der Waals surface area (Å²) in [5.41, 5.74) is -0.903. The predicted molar refractivity (Wildman–Crippen MR) is 62.0 cm³/mol. The van der Waals surface area contributed by atoms with Crippen molar-refractivity contribution in [3.8, 4) is 6.07 Å². The number of aliphatic hydroxyl groups is 1. The molecule has 1 fully saturated rings. The van der Waals surface area contributed by atoms with Crippen LogP contribution in [-0.2, 0) is 9.53 Å². The Morgan fingerprint density at radius 3 is 2.65 bits per heavy atom. The lowest BCUT2D eigenvalue weighted by Crippen LogP contribution is -2.48. The first-order valence-corrected chi connectivity index (χ1v) is 6.00. The van der Waals surface area contributed by atoms with Gasteiger partial charge in [0, 0.05) is 7.11 Å². The van der Waals surface area contributed by atoms with Crippen molar-refractivity contribution in [3.05, 3.63) is 0 Å². The second-order valence-corrected chi connectivity index (χ2v) is 4.56. The van der Waals surface area contributed by atoms with E-state index in [1.807, 2.05) is 0 Å². The number of nitriles is 1. The number of amides is 1. The topological polar surface area (TPSA) is 82.3 Å². The number of ether oxygens (including phenoxy) is 1. The van der Waals surface area contributed by atoms with E-state index in [0.29, 0.717) is 12.8 Å². The van der Waals surface area contributed by atoms with Crippen LogP contribution in [0.4, 0.5) is 0 Å². The first-order chi connectivity index (χ1) is 8.18. The van der Waals surface area contributed by atoms with E-state index in [1.165, 1.54) is 7.11 Å². The van der Waals surface area contributed by atoms with E-state index in [1.54, 1.807) is 0 Å². The van der Waals surface area contributed by atoms with Gasteiger partial charge < -0.3 is 15.2 Å². The van der Waals surface area contributed by atoms with Crippen molar-refractivity contribution in [2.75, 3.05) is 20.3 Å². The van der Waals surface area contributed by atoms with E-state index in [-0.39, 0.29) is 19.1 Å². The van der Waals surface area contributed by atoms with Crippen molar-refractivity contribution >= 4 is 5.91 Å². The average Bonchev–Trinajstić information content (AvgIpc) is 2.38. The van der Waals surface area contributed by atoms with Gasteiger partial charge in [-0.3, -0.25) is 4.79 Å². The summed E-state index contributed by atoms with van der Waals surface area (Å²) in [7, 11) is 1.51. The fraction of sp³-hybridized carbons (Fsp3) is 0.833. The Morgan fingerprint density at radius 2 is 2.18 bits per heavy atom. The summed E-state index contributed by atoms with van der Waals surface area (Å²) >= 11 is 0. The van der Waals surface area contributed by atoms with Crippen LogP contribution in [0.5, 0.6) is 0 Å². The summed E-state index contributed by atoms with van der Waals surface area (Å²) in [5.74, 6) is -0.268. The quantitative estimate of drug-likeness (QED) is 0.736. The first kappa shape index (κ1) is 13.9. The van der Waals surface area contributed by atoms with Crippen LogP contribution >= 0.6 is 0 Å². The number of nitrogens with zero attached hydrogens (tertiary/aromatic N) is 1. The smallest absolute Gasteiger partial charge is 0.240 e. The highest BCUT2D eigenvalue weighted by molar-refractivity contribution is 5.85. The zero-order chi connectivity index (χ0) is 12.7. The lowest BCUT2D eigenvalue weighted by Gasteiger charge is -2.30. The molecule has 0 aromatic carbocycles. The van der Waals surface area contributed by atoms with Crippen LogP contribution in [0, 0.1) is 16.7 Å². The molecular weight excluding hydrogens is 220 g/mol. The van der Waals surface area contributed by atoms with Gasteiger partial charge in [-0.05, 0) is 12.8 Å². The number of nitrogens with one attached hydrogen (secondary N) is 1. The minimum Gasteiger partial charge on any atom is -0.394 e. The fourth-order valence-corrected chi connectivity index (χ4v) is 2.21. The van der Waals surface area contributed by atoms with Gasteiger partial charge in [-0.15, -0.1) is 0 Å². The van der Waals surface area contributed by atoms with Gasteiger partial charge in [-0.1, -0.05) is 19.3 Å². The molecular formula is C12H20N2O3. The maximum atomic E-state index is 12.1. The van der Waals surface area contributed by atoms with Gasteiger partial charge in [-0.25, -0.2) is 0 Å². The predicted octanol–water partition coefficient (Wildman–Crippen LogP) is 0.584. The molecule has 0 aliphatic heterocycles. The molecule has 0 heterocycles. The minimum absolute atomic E-state index is 0.179. The van der Waals surface area contributed by atoms with Gasteiger partial charge >= 0.3 is 0 Å². The van der Waals surface area contributed by atoms with Crippen LogP contribution in [0.25, 0.3) is 0 Å². The molecule has 1 aliphatic carbocycles. The normalized spacial score (nSPS) is 20.3. The Hall–Kier alpha value is -1.12. The third-order valence-electron chi connectivity index (χ3n) is 3.28. The van der Waals surface area contributed by atoms with Crippen LogP contribution in [0.2, 0.25) is 0 Å². The second kappa shape index (κ2) is 6.58. The van der Waals surface area contributed by atoms with Crippen molar-refractivity contribution < 1.29 is 14.6 Å². The van der Waals surface area contributed by atoms with E-state index < -0.39 is 11.5 Å². The van der Waals surface area contributed by atoms with Crippen molar-refractivity contribution in [1.82, 2.24) is 5.32 Å². The third-order valence-corrected chi connectivity index (χ3v) is 3.28. The molecule has 1 rings (SSSR count). The summed E-state index contributed by atoms with van der Waals surface area (Å²) in [4.78, 5) is 12.1. The van der Waals surface area contributed by atoms with Gasteiger partial charge in [0.1, 0.15) is 5.41 Å². The SMILES string of the molecule is COCC(CO)NC(=O)C1(C#N)CCCCC1. The lowest BCUT2D eigenvalue weighted by molar-refractivity contribution is -0.131. The second-order valence-electron chi connectivity index (χ2n) is 4.56. The van der Waals surface area contributed by atoms with Crippen molar-refractivity contribution in [2.24, 2.45) is 5.41 Å². The number of hydrogen-bond donors (Lipinski definition) is 2. The highest BCUT2D eigenvalue weighted by Gasteiger charge is 2.40. The van der Waals surface area contributed by atoms with E-state index in [0.717, 1.165) is 19.3 Å². The van der Waals surface area contributed by atoms with Crippen LogP contribution in [0.1, 0.15) is 32.1 Å². The number of carbonyl (C=O) groups is 1. The first-order valence-electron chi connectivity index (χ1n) is 6.00. The number of hydrogen-bond acceptors (Lipinski definition) is 4. The van der Waals surface area contributed by atoms with Crippen LogP contribution in [0.15, 0.2) is 0 Å². The van der Waals surface area contributed by atoms with E-state index >= 15 is 0 Å². The maximum Gasteiger partial charge on any atom is 0.240 e. The molecule has 1 amide bonds. The van der Waals surface area contributed by atoms with E-state index in [4.69, 9.17) is 9.84 Å². The molecule has 5 nitrogen and oxygen atoms in total. The summed E-state index contributed by atoms with van der Waals surface area (Å²) in [6.07, 6.45) is 4.13. The molecule has 1 atom stereocenters. The Morgan fingerprint density at radius 1 is 1.53 bits per heavy atom. The Bertz CT molecular complexity index is 293. The van der Waals surface area contributed by atoms with Crippen LogP contribution < -0.4 is 5.32 Å². The van der Waals surface area contributed by atoms with Crippen molar-refractivity contribution in [2.45, 2.75) is 38.1 Å². The monoisotopic (exact) mass is 240 g/mol. The Balaban J connectivity index is 2.63. The zero-order valence-electron chi connectivity index (χ0n) is 10.2. The molecule has 1 saturated carbocycles. The highest BCUT2D eigenvalue weighted by atomic mass is 16.5. The molecule has 17 heavy (non-hydrogen) atoms. The number of carbonyl (C=O) groups excluding carboxylic acids is 1. The molecule has 0 aromatic rings. The molecule has 0 saturated heterocycles. The Kier molecular flexibility index (Phi) is 5.39. The zero-order valence-corrected chi connectivity index (χ0v) is 10.2. The van der Waals surface area contributed by atoms with Crippen LogP contribution in [0.3, 0.4) is 0 Å². The molecule has 2 N–H and O–H groups in total. The van der Waals surface area contributed by atoms with E-state index in [9.17, 15) is 10.1 Å². The molecule has 1 unspecified atom stereocenters. The maximum absolute atomic E-state index is 12.1. The van der Waals surface area contributed by atoms with Crippen LogP contribution in [-0.4, -0.2) is 37.4 Å². The van der Waals surface area contributed by atoms with Gasteiger partial charge in [0.15, 0.2) is 0 Å². The van der Waals surface area contributed by atoms with Gasteiger partial charge in [0.2, 0.25) is 5.91 Å². The summed E-state index contributed by atoms with van der Waals surface area (Å²) < 4.78 is 4.89. The summed E-state index contributed by atoms with van der Waals surface area (Å²) in [5, 5.41) is 21.0. The minimum atomic E-state index is -0.903. The fourth-order valence-electron chi connectivity index (χ4n) is 2.21. The number of aliphatic hydroxyl groups excluding tert-OH is 1. The number of methoxy groups -OCH3 is 1. The highest BCUT2D eigenvalue weighted by Crippen LogP contribution is 2.35. The molecule has 96 valence electrons.